The highest BCUT2D eigenvalue weighted by atomic mass is 35.5. The van der Waals surface area contributed by atoms with E-state index in [0.717, 1.165) is 11.2 Å². The summed E-state index contributed by atoms with van der Waals surface area (Å²) in [6, 6.07) is 18.1. The molecule has 0 saturated heterocycles. The number of carbonyl (C=O) groups excluding carboxylic acids is 2. The molecule has 0 unspecified atom stereocenters. The lowest BCUT2D eigenvalue weighted by Crippen LogP contribution is -2.03. The van der Waals surface area contributed by atoms with Gasteiger partial charge in [0.2, 0.25) is 0 Å². The van der Waals surface area contributed by atoms with Gasteiger partial charge in [-0.25, -0.2) is 4.98 Å². The molecule has 0 saturated carbocycles. The predicted octanol–water partition coefficient (Wildman–Crippen LogP) is 6.39. The van der Waals surface area contributed by atoms with Crippen molar-refractivity contribution in [3.05, 3.63) is 99.4 Å². The van der Waals surface area contributed by atoms with Crippen molar-refractivity contribution in [1.82, 2.24) is 14.1 Å². The minimum atomic E-state index is -0.382. The highest BCUT2D eigenvalue weighted by molar-refractivity contribution is 6.46. The van der Waals surface area contributed by atoms with Crippen LogP contribution >= 0.6 is 23.2 Å². The van der Waals surface area contributed by atoms with Gasteiger partial charge in [0.05, 0.1) is 33.1 Å². The van der Waals surface area contributed by atoms with E-state index in [9.17, 15) is 9.59 Å². The zero-order chi connectivity index (χ0) is 23.6. The average molecular weight is 488 g/mol. The van der Waals surface area contributed by atoms with Crippen LogP contribution in [0.1, 0.15) is 26.4 Å². The number of carbonyl (C=O) groups is 2. The number of allylic oxidation sites excluding steroid dienone is 1. The van der Waals surface area contributed by atoms with E-state index >= 15 is 0 Å². The van der Waals surface area contributed by atoms with Gasteiger partial charge in [-0.2, -0.15) is 0 Å². The first-order valence-corrected chi connectivity index (χ1v) is 11.2. The van der Waals surface area contributed by atoms with Crippen LogP contribution in [0.25, 0.3) is 34.5 Å². The van der Waals surface area contributed by atoms with Crippen LogP contribution in [0, 0.1) is 0 Å². The second kappa shape index (κ2) is 7.58. The number of aromatic nitrogens is 3. The maximum absolute atomic E-state index is 13.1. The third-order valence-corrected chi connectivity index (χ3v) is 6.68. The molecule has 0 radical (unpaired) electrons. The number of aryl methyl sites for hydroxylation is 1. The van der Waals surface area contributed by atoms with Gasteiger partial charge in [-0.3, -0.25) is 14.2 Å². The minimum absolute atomic E-state index is 0.0552. The summed E-state index contributed by atoms with van der Waals surface area (Å²) in [4.78, 5) is 31.1. The number of ketones is 2. The highest BCUT2D eigenvalue weighted by Gasteiger charge is 2.34. The van der Waals surface area contributed by atoms with Gasteiger partial charge in [-0.1, -0.05) is 41.4 Å². The van der Waals surface area contributed by atoms with Crippen molar-refractivity contribution in [3.63, 3.8) is 0 Å². The Morgan fingerprint density at radius 1 is 0.912 bits per heavy atom. The maximum atomic E-state index is 13.1. The Morgan fingerprint density at radius 3 is 2.21 bits per heavy atom. The number of Topliss-reactive ketones (excluding diaryl/α,β-unsaturated/α-hetero) is 2. The Kier molecular flexibility index (Phi) is 4.62. The Hall–Kier alpha value is -3.87. The molecule has 0 amide bonds. The Morgan fingerprint density at radius 2 is 1.59 bits per heavy atom. The van der Waals surface area contributed by atoms with Gasteiger partial charge in [0.1, 0.15) is 0 Å². The summed E-state index contributed by atoms with van der Waals surface area (Å²) in [7, 11) is 1.89. The van der Waals surface area contributed by atoms with Crippen molar-refractivity contribution in [2.24, 2.45) is 7.05 Å². The third kappa shape index (κ3) is 3.00. The number of benzene rings is 2. The van der Waals surface area contributed by atoms with Gasteiger partial charge >= 0.3 is 0 Å². The molecule has 0 atom stereocenters. The van der Waals surface area contributed by atoms with Gasteiger partial charge in [-0.15, -0.1) is 0 Å². The van der Waals surface area contributed by atoms with Crippen molar-refractivity contribution in [2.75, 3.05) is 0 Å². The molecule has 1 aliphatic carbocycles. The fourth-order valence-electron chi connectivity index (χ4n) is 4.33. The van der Waals surface area contributed by atoms with E-state index in [1.165, 1.54) is 12.1 Å². The van der Waals surface area contributed by atoms with E-state index in [0.29, 0.717) is 22.9 Å². The van der Waals surface area contributed by atoms with Crippen LogP contribution in [0.4, 0.5) is 0 Å². The van der Waals surface area contributed by atoms with Crippen LogP contribution in [-0.2, 0) is 7.05 Å². The largest absolute Gasteiger partial charge is 0.461 e. The number of para-hydroxylation sites is 1. The molecule has 1 aliphatic rings. The third-order valence-electron chi connectivity index (χ3n) is 5.96. The molecule has 0 spiro atoms. The lowest BCUT2D eigenvalue weighted by Gasteiger charge is -2.07. The number of rotatable bonds is 3. The topological polar surface area (TPSA) is 70.0 Å². The van der Waals surface area contributed by atoms with Crippen molar-refractivity contribution >= 4 is 52.0 Å². The lowest BCUT2D eigenvalue weighted by atomic mass is 10.1. The molecule has 0 fully saturated rings. The molecule has 34 heavy (non-hydrogen) atoms. The van der Waals surface area contributed by atoms with Crippen LogP contribution in [0.15, 0.2) is 76.9 Å². The van der Waals surface area contributed by atoms with Gasteiger partial charge < -0.3 is 8.98 Å². The first-order chi connectivity index (χ1) is 16.4. The SMILES string of the molecule is Cn1c(-c2ccco2)nc2c1cc(C=C1C(=O)c3cc(Cl)c(Cl)cc3C1=O)n2-c1ccccc1. The first kappa shape index (κ1) is 20.7. The monoisotopic (exact) mass is 487 g/mol. The van der Waals surface area contributed by atoms with E-state index < -0.39 is 0 Å². The van der Waals surface area contributed by atoms with Crippen LogP contribution in [0.5, 0.6) is 0 Å². The summed E-state index contributed by atoms with van der Waals surface area (Å²) in [5.41, 5.74) is 3.55. The molecule has 3 aromatic heterocycles. The van der Waals surface area contributed by atoms with Crippen molar-refractivity contribution < 1.29 is 14.0 Å². The van der Waals surface area contributed by atoms with Crippen LogP contribution in [-0.4, -0.2) is 25.7 Å². The summed E-state index contributed by atoms with van der Waals surface area (Å²) >= 11 is 12.2. The van der Waals surface area contributed by atoms with Crippen LogP contribution < -0.4 is 0 Å². The van der Waals surface area contributed by atoms with Crippen LogP contribution in [0.2, 0.25) is 10.0 Å². The molecule has 5 aromatic rings. The molecule has 8 heteroatoms. The van der Waals surface area contributed by atoms with Gasteiger partial charge in [0.15, 0.2) is 28.8 Å². The molecule has 6 nitrogen and oxygen atoms in total. The zero-order valence-electron chi connectivity index (χ0n) is 17.8. The number of furan rings is 1. The van der Waals surface area contributed by atoms with Gasteiger partial charge in [0.25, 0.3) is 0 Å². The lowest BCUT2D eigenvalue weighted by molar-refractivity contribution is 0.0990. The summed E-state index contributed by atoms with van der Waals surface area (Å²) in [5.74, 6) is 0.549. The van der Waals surface area contributed by atoms with E-state index in [4.69, 9.17) is 32.6 Å². The number of halogens is 2. The molecule has 0 bridgehead atoms. The molecule has 0 aliphatic heterocycles. The smallest absolute Gasteiger partial charge is 0.197 e. The molecule has 3 heterocycles. The quantitative estimate of drug-likeness (QED) is 0.218. The van der Waals surface area contributed by atoms with E-state index in [1.807, 2.05) is 64.7 Å². The zero-order valence-corrected chi connectivity index (χ0v) is 19.3. The van der Waals surface area contributed by atoms with E-state index in [-0.39, 0.29) is 38.3 Å². The van der Waals surface area contributed by atoms with Crippen molar-refractivity contribution in [1.29, 1.82) is 0 Å². The highest BCUT2D eigenvalue weighted by Crippen LogP contribution is 2.36. The summed E-state index contributed by atoms with van der Waals surface area (Å²) in [6.07, 6.45) is 3.21. The van der Waals surface area contributed by atoms with Crippen molar-refractivity contribution in [2.45, 2.75) is 0 Å². The number of hydrogen-bond acceptors (Lipinski definition) is 4. The Balaban J connectivity index is 1.57. The van der Waals surface area contributed by atoms with E-state index in [1.54, 1.807) is 12.3 Å². The predicted molar refractivity (Wildman–Crippen MR) is 131 cm³/mol. The second-order valence-corrected chi connectivity index (χ2v) is 8.76. The minimum Gasteiger partial charge on any atom is -0.461 e. The number of nitrogens with zero attached hydrogens (tertiary/aromatic N) is 3. The molecule has 6 rings (SSSR count). The van der Waals surface area contributed by atoms with Crippen LogP contribution in [0.3, 0.4) is 0 Å². The molecule has 2 aromatic carbocycles. The molecular formula is C26H15Cl2N3O3. The fourth-order valence-corrected chi connectivity index (χ4v) is 4.65. The number of hydrogen-bond donors (Lipinski definition) is 0. The van der Waals surface area contributed by atoms with E-state index in [2.05, 4.69) is 0 Å². The Labute approximate surface area is 203 Å². The first-order valence-electron chi connectivity index (χ1n) is 10.4. The maximum Gasteiger partial charge on any atom is 0.197 e. The number of imidazole rings is 1. The van der Waals surface area contributed by atoms with Crippen molar-refractivity contribution in [3.8, 4) is 17.3 Å². The van der Waals surface area contributed by atoms with Gasteiger partial charge in [0, 0.05) is 23.9 Å². The average Bonchev–Trinajstić information content (AvgIpc) is 3.59. The molecule has 0 N–H and O–H groups in total. The molecular weight excluding hydrogens is 473 g/mol. The summed E-state index contributed by atoms with van der Waals surface area (Å²) in [5, 5.41) is 0.465. The standard InChI is InChI=1S/C26H15Cl2N3O3/c1-30-21-11-15(10-18-23(32)16-12-19(27)20(28)13-17(16)24(18)33)31(14-6-3-2-4-7-14)25(21)29-26(30)22-8-5-9-34-22/h2-13H,1H3. The summed E-state index contributed by atoms with van der Waals surface area (Å²) < 4.78 is 9.38. The normalized spacial score (nSPS) is 13.2. The Bertz CT molecular complexity index is 1620. The number of fused-ring (bicyclic) bond motifs is 2. The fraction of sp³-hybridized carbons (Fsp3) is 0.0385. The van der Waals surface area contributed by atoms with Gasteiger partial charge in [-0.05, 0) is 48.5 Å². The molecule has 166 valence electrons. The summed E-state index contributed by atoms with van der Waals surface area (Å²) in [6.45, 7) is 0. The second-order valence-electron chi connectivity index (χ2n) is 7.95.